The molecule has 1 aromatic rings. The molecule has 1 atom stereocenters. The van der Waals surface area contributed by atoms with Gasteiger partial charge in [0.15, 0.2) is 0 Å². The second-order valence-electron chi connectivity index (χ2n) is 7.43. The van der Waals surface area contributed by atoms with Crippen LogP contribution in [0.2, 0.25) is 0 Å². The van der Waals surface area contributed by atoms with Gasteiger partial charge in [-0.3, -0.25) is 4.79 Å². The monoisotopic (exact) mass is 312 g/mol. The Balaban J connectivity index is 2.22. The zero-order chi connectivity index (χ0) is 17.0. The molecule has 1 aromatic carbocycles. The molecule has 0 aromatic heterocycles. The fourth-order valence-corrected chi connectivity index (χ4v) is 3.54. The van der Waals surface area contributed by atoms with Gasteiger partial charge in [-0.05, 0) is 54.2 Å². The molecule has 2 rings (SSSR count). The van der Waals surface area contributed by atoms with Crippen molar-refractivity contribution in [3.05, 3.63) is 52.6 Å². The van der Waals surface area contributed by atoms with E-state index in [0.717, 1.165) is 11.1 Å². The summed E-state index contributed by atoms with van der Waals surface area (Å²) in [6, 6.07) is 8.22. The molecule has 0 heterocycles. The van der Waals surface area contributed by atoms with Gasteiger partial charge in [-0.2, -0.15) is 0 Å². The average molecular weight is 312 g/mol. The van der Waals surface area contributed by atoms with Gasteiger partial charge in [0.25, 0.3) is 0 Å². The molecule has 0 saturated heterocycles. The summed E-state index contributed by atoms with van der Waals surface area (Å²) in [5, 5.41) is 8.95. The van der Waals surface area contributed by atoms with Crippen molar-refractivity contribution in [2.24, 2.45) is 5.41 Å². The number of hydrogen-bond acceptors (Lipinski definition) is 1. The molecule has 2 nitrogen and oxygen atoms in total. The molecular weight excluding hydrogens is 284 g/mol. The first-order chi connectivity index (χ1) is 10.8. The van der Waals surface area contributed by atoms with E-state index >= 15 is 0 Å². The predicted octanol–water partition coefficient (Wildman–Crippen LogP) is 5.80. The predicted molar refractivity (Wildman–Crippen MR) is 96.5 cm³/mol. The molecule has 0 saturated carbocycles. The van der Waals surface area contributed by atoms with Crippen LogP contribution in [-0.4, -0.2) is 11.1 Å². The van der Waals surface area contributed by atoms with Crippen LogP contribution in [0.1, 0.15) is 70.4 Å². The number of rotatable bonds is 5. The van der Waals surface area contributed by atoms with E-state index in [1.807, 2.05) is 19.1 Å². The minimum Gasteiger partial charge on any atom is -0.481 e. The molecule has 0 spiro atoms. The molecule has 0 fully saturated rings. The smallest absolute Gasteiger partial charge is 0.303 e. The Kier molecular flexibility index (Phi) is 5.46. The minimum absolute atomic E-state index is 0.0351. The van der Waals surface area contributed by atoms with Crippen LogP contribution in [0, 0.1) is 5.41 Å². The fourth-order valence-electron chi connectivity index (χ4n) is 3.54. The highest BCUT2D eigenvalue weighted by Gasteiger charge is 2.26. The number of allylic oxidation sites excluding steroid dienone is 3. The molecule has 1 N–H and O–H groups in total. The maximum Gasteiger partial charge on any atom is 0.303 e. The van der Waals surface area contributed by atoms with Crippen LogP contribution in [0.5, 0.6) is 0 Å². The molecule has 0 bridgehead atoms. The van der Waals surface area contributed by atoms with Gasteiger partial charge in [-0.15, -0.1) is 0 Å². The largest absolute Gasteiger partial charge is 0.481 e. The van der Waals surface area contributed by atoms with Crippen LogP contribution >= 0.6 is 0 Å². The number of hydrogen-bond donors (Lipinski definition) is 1. The van der Waals surface area contributed by atoms with Crippen LogP contribution < -0.4 is 0 Å². The van der Waals surface area contributed by atoms with E-state index in [1.54, 1.807) is 0 Å². The molecule has 0 radical (unpaired) electrons. The second kappa shape index (κ2) is 7.16. The SMILES string of the molecule is CC1=C(/C=C/c2cccc(C(C)CC(=O)O)c2)C(C)(C)CCC1. The molecule has 1 aliphatic rings. The van der Waals surface area contributed by atoms with Gasteiger partial charge in [0, 0.05) is 0 Å². The van der Waals surface area contributed by atoms with E-state index in [0.29, 0.717) is 0 Å². The molecule has 0 amide bonds. The Labute approximate surface area is 139 Å². The Bertz CT molecular complexity index is 635. The first-order valence-electron chi connectivity index (χ1n) is 8.49. The Morgan fingerprint density at radius 2 is 2.09 bits per heavy atom. The topological polar surface area (TPSA) is 37.3 Å². The summed E-state index contributed by atoms with van der Waals surface area (Å²) in [6.45, 7) is 8.85. The van der Waals surface area contributed by atoms with E-state index < -0.39 is 5.97 Å². The van der Waals surface area contributed by atoms with E-state index in [9.17, 15) is 4.79 Å². The normalized spacial score (nSPS) is 19.1. The summed E-state index contributed by atoms with van der Waals surface area (Å²) in [5.74, 6) is -0.712. The maximum absolute atomic E-state index is 10.9. The van der Waals surface area contributed by atoms with Crippen LogP contribution in [0.25, 0.3) is 6.08 Å². The maximum atomic E-state index is 10.9. The number of carboxylic acids is 1. The van der Waals surface area contributed by atoms with E-state index in [1.165, 1.54) is 30.4 Å². The van der Waals surface area contributed by atoms with Crippen molar-refractivity contribution in [3.8, 4) is 0 Å². The summed E-state index contributed by atoms with van der Waals surface area (Å²) in [6.07, 6.45) is 8.31. The van der Waals surface area contributed by atoms with Gasteiger partial charge >= 0.3 is 5.97 Å². The number of aliphatic carboxylic acids is 1. The van der Waals surface area contributed by atoms with Gasteiger partial charge < -0.3 is 5.11 Å². The van der Waals surface area contributed by atoms with Crippen LogP contribution in [-0.2, 0) is 4.79 Å². The van der Waals surface area contributed by atoms with E-state index in [-0.39, 0.29) is 17.8 Å². The van der Waals surface area contributed by atoms with Gasteiger partial charge in [-0.1, -0.05) is 62.8 Å². The van der Waals surface area contributed by atoms with Crippen molar-refractivity contribution < 1.29 is 9.90 Å². The van der Waals surface area contributed by atoms with Gasteiger partial charge in [0.2, 0.25) is 0 Å². The van der Waals surface area contributed by atoms with E-state index in [2.05, 4.69) is 45.1 Å². The molecule has 0 aliphatic heterocycles. The van der Waals surface area contributed by atoms with Gasteiger partial charge in [0.1, 0.15) is 0 Å². The zero-order valence-electron chi connectivity index (χ0n) is 14.7. The summed E-state index contributed by atoms with van der Waals surface area (Å²) < 4.78 is 0. The third-order valence-corrected chi connectivity index (χ3v) is 4.95. The molecule has 1 aliphatic carbocycles. The number of benzene rings is 1. The zero-order valence-corrected chi connectivity index (χ0v) is 14.7. The molecule has 124 valence electrons. The Hall–Kier alpha value is -1.83. The second-order valence-corrected chi connectivity index (χ2v) is 7.43. The first-order valence-corrected chi connectivity index (χ1v) is 8.49. The molecule has 2 heteroatoms. The number of carbonyl (C=O) groups is 1. The standard InChI is InChI=1S/C21H28O2/c1-15-7-6-12-21(3,4)19(15)11-10-17-8-5-9-18(14-17)16(2)13-20(22)23/h5,8-11,14,16H,6-7,12-13H2,1-4H3,(H,22,23)/b11-10+. The minimum atomic E-state index is -0.747. The van der Waals surface area contributed by atoms with Crippen LogP contribution in [0.4, 0.5) is 0 Å². The van der Waals surface area contributed by atoms with Crippen molar-refractivity contribution >= 4 is 12.0 Å². The number of carboxylic acid groups (broad SMARTS) is 1. The lowest BCUT2D eigenvalue weighted by molar-refractivity contribution is -0.137. The van der Waals surface area contributed by atoms with Crippen LogP contribution in [0.15, 0.2) is 41.5 Å². The third kappa shape index (κ3) is 4.57. The highest BCUT2D eigenvalue weighted by atomic mass is 16.4. The summed E-state index contributed by atoms with van der Waals surface area (Å²) in [4.78, 5) is 10.9. The Morgan fingerprint density at radius 1 is 1.35 bits per heavy atom. The lowest BCUT2D eigenvalue weighted by Gasteiger charge is -2.32. The van der Waals surface area contributed by atoms with Gasteiger partial charge in [-0.25, -0.2) is 0 Å². The fraction of sp³-hybridized carbons (Fsp3) is 0.476. The van der Waals surface area contributed by atoms with Crippen molar-refractivity contribution in [2.45, 2.75) is 59.3 Å². The van der Waals surface area contributed by atoms with Crippen LogP contribution in [0.3, 0.4) is 0 Å². The van der Waals surface area contributed by atoms with Crippen molar-refractivity contribution in [3.63, 3.8) is 0 Å². The van der Waals surface area contributed by atoms with Crippen molar-refractivity contribution in [1.82, 2.24) is 0 Å². The van der Waals surface area contributed by atoms with Gasteiger partial charge in [0.05, 0.1) is 6.42 Å². The highest BCUT2D eigenvalue weighted by molar-refractivity contribution is 5.68. The summed E-state index contributed by atoms with van der Waals surface area (Å²) >= 11 is 0. The first kappa shape index (κ1) is 17.5. The van der Waals surface area contributed by atoms with Crippen molar-refractivity contribution in [2.75, 3.05) is 0 Å². The van der Waals surface area contributed by atoms with Crippen molar-refractivity contribution in [1.29, 1.82) is 0 Å². The lowest BCUT2D eigenvalue weighted by atomic mass is 9.72. The third-order valence-electron chi connectivity index (χ3n) is 4.95. The average Bonchev–Trinajstić information content (AvgIpc) is 2.45. The molecule has 1 unspecified atom stereocenters. The summed E-state index contributed by atoms with van der Waals surface area (Å²) in [7, 11) is 0. The van der Waals surface area contributed by atoms with E-state index in [4.69, 9.17) is 5.11 Å². The quantitative estimate of drug-likeness (QED) is 0.745. The summed E-state index contributed by atoms with van der Waals surface area (Å²) in [5.41, 5.74) is 5.41. The molecular formula is C21H28O2. The highest BCUT2D eigenvalue weighted by Crippen LogP contribution is 2.41. The lowest BCUT2D eigenvalue weighted by Crippen LogP contribution is -2.18. The molecule has 23 heavy (non-hydrogen) atoms. The Morgan fingerprint density at radius 3 is 2.74 bits per heavy atom.